The maximum Gasteiger partial charge on any atom is 0.131 e. The van der Waals surface area contributed by atoms with E-state index in [9.17, 15) is 0 Å². The molecule has 0 aliphatic carbocycles. The van der Waals surface area contributed by atoms with E-state index >= 15 is 0 Å². The van der Waals surface area contributed by atoms with Crippen molar-refractivity contribution in [2.24, 2.45) is 0 Å². The van der Waals surface area contributed by atoms with Crippen LogP contribution in [0.15, 0.2) is 48.5 Å². The average Bonchev–Trinajstić information content (AvgIpc) is 2.48. The lowest BCUT2D eigenvalue weighted by atomic mass is 10.1. The monoisotopic (exact) mass is 271 g/mol. The predicted molar refractivity (Wildman–Crippen MR) is 81.6 cm³/mol. The first-order valence-corrected chi connectivity index (χ1v) is 6.88. The summed E-state index contributed by atoms with van der Waals surface area (Å²) in [6.45, 7) is 5.20. The summed E-state index contributed by atoms with van der Waals surface area (Å²) in [6.07, 6.45) is 0. The van der Waals surface area contributed by atoms with E-state index in [1.165, 1.54) is 5.56 Å². The topological polar surface area (TPSA) is 30.5 Å². The van der Waals surface area contributed by atoms with Gasteiger partial charge in [0.05, 0.1) is 7.11 Å². The molecule has 1 unspecified atom stereocenters. The first kappa shape index (κ1) is 14.4. The van der Waals surface area contributed by atoms with Gasteiger partial charge < -0.3 is 14.8 Å². The molecule has 0 spiro atoms. The lowest BCUT2D eigenvalue weighted by Crippen LogP contribution is -2.17. The van der Waals surface area contributed by atoms with Crippen molar-refractivity contribution in [1.82, 2.24) is 5.32 Å². The summed E-state index contributed by atoms with van der Waals surface area (Å²) in [5.74, 6) is 2.40. The van der Waals surface area contributed by atoms with Gasteiger partial charge in [-0.05, 0) is 43.3 Å². The maximum absolute atomic E-state index is 5.88. The van der Waals surface area contributed by atoms with Crippen LogP contribution in [0.1, 0.15) is 25.5 Å². The Balaban J connectivity index is 2.14. The number of benzene rings is 2. The molecule has 0 saturated carbocycles. The SMILES string of the molecule is CCNC(C)c1cccc(Oc2cccc(OC)c2)c1. The number of hydrogen-bond donors (Lipinski definition) is 1. The highest BCUT2D eigenvalue weighted by Crippen LogP contribution is 2.27. The van der Waals surface area contributed by atoms with Crippen molar-refractivity contribution in [2.45, 2.75) is 19.9 Å². The van der Waals surface area contributed by atoms with Crippen LogP contribution in [0.4, 0.5) is 0 Å². The van der Waals surface area contributed by atoms with Gasteiger partial charge in [-0.15, -0.1) is 0 Å². The number of hydrogen-bond acceptors (Lipinski definition) is 3. The van der Waals surface area contributed by atoms with Crippen LogP contribution in [-0.4, -0.2) is 13.7 Å². The second-order valence-electron chi connectivity index (χ2n) is 4.63. The number of ether oxygens (including phenoxy) is 2. The van der Waals surface area contributed by atoms with E-state index in [0.29, 0.717) is 6.04 Å². The zero-order chi connectivity index (χ0) is 14.4. The van der Waals surface area contributed by atoms with Crippen LogP contribution in [0.3, 0.4) is 0 Å². The van der Waals surface area contributed by atoms with Crippen molar-refractivity contribution in [3.05, 3.63) is 54.1 Å². The maximum atomic E-state index is 5.88. The fourth-order valence-electron chi connectivity index (χ4n) is 2.07. The molecule has 20 heavy (non-hydrogen) atoms. The molecule has 1 atom stereocenters. The van der Waals surface area contributed by atoms with Gasteiger partial charge in [0, 0.05) is 12.1 Å². The highest BCUT2D eigenvalue weighted by molar-refractivity contribution is 5.38. The van der Waals surface area contributed by atoms with Crippen LogP contribution in [0, 0.1) is 0 Å². The van der Waals surface area contributed by atoms with Crippen molar-refractivity contribution in [1.29, 1.82) is 0 Å². The van der Waals surface area contributed by atoms with E-state index in [1.54, 1.807) is 7.11 Å². The average molecular weight is 271 g/mol. The first-order valence-electron chi connectivity index (χ1n) is 6.88. The smallest absolute Gasteiger partial charge is 0.131 e. The molecule has 2 rings (SSSR count). The molecule has 0 saturated heterocycles. The molecule has 0 radical (unpaired) electrons. The standard InChI is InChI=1S/C17H21NO2/c1-4-18-13(2)14-7-5-9-16(11-14)20-17-10-6-8-15(12-17)19-3/h5-13,18H,4H2,1-3H3. The summed E-state index contributed by atoms with van der Waals surface area (Å²) < 4.78 is 11.1. The van der Waals surface area contributed by atoms with Crippen molar-refractivity contribution in [3.8, 4) is 17.2 Å². The molecule has 0 aliphatic heterocycles. The molecule has 0 aliphatic rings. The Labute approximate surface area is 120 Å². The summed E-state index contributed by atoms with van der Waals surface area (Å²) in [4.78, 5) is 0. The van der Waals surface area contributed by atoms with Crippen molar-refractivity contribution in [2.75, 3.05) is 13.7 Å². The van der Waals surface area contributed by atoms with Gasteiger partial charge in [-0.3, -0.25) is 0 Å². The molecule has 2 aromatic carbocycles. The van der Waals surface area contributed by atoms with Gasteiger partial charge in [-0.2, -0.15) is 0 Å². The van der Waals surface area contributed by atoms with Crippen LogP contribution >= 0.6 is 0 Å². The molecular formula is C17H21NO2. The Morgan fingerprint density at radius 3 is 2.35 bits per heavy atom. The van der Waals surface area contributed by atoms with Gasteiger partial charge in [0.2, 0.25) is 0 Å². The van der Waals surface area contributed by atoms with Gasteiger partial charge in [0.25, 0.3) is 0 Å². The Kier molecular flexibility index (Phi) is 5.02. The largest absolute Gasteiger partial charge is 0.497 e. The lowest BCUT2D eigenvalue weighted by molar-refractivity contribution is 0.409. The second-order valence-corrected chi connectivity index (χ2v) is 4.63. The lowest BCUT2D eigenvalue weighted by Gasteiger charge is -2.14. The molecule has 2 aromatic rings. The molecule has 0 bridgehead atoms. The predicted octanol–water partition coefficient (Wildman–Crippen LogP) is 4.16. The molecule has 0 fully saturated rings. The summed E-state index contributed by atoms with van der Waals surface area (Å²) >= 11 is 0. The summed E-state index contributed by atoms with van der Waals surface area (Å²) in [5, 5.41) is 3.40. The minimum atomic E-state index is 0.314. The highest BCUT2D eigenvalue weighted by Gasteiger charge is 2.05. The van der Waals surface area contributed by atoms with Crippen LogP contribution in [0.2, 0.25) is 0 Å². The number of nitrogens with one attached hydrogen (secondary N) is 1. The van der Waals surface area contributed by atoms with E-state index in [-0.39, 0.29) is 0 Å². The van der Waals surface area contributed by atoms with E-state index in [4.69, 9.17) is 9.47 Å². The Morgan fingerprint density at radius 1 is 1.00 bits per heavy atom. The Bertz CT molecular complexity index is 554. The van der Waals surface area contributed by atoms with Gasteiger partial charge in [-0.25, -0.2) is 0 Å². The third kappa shape index (κ3) is 3.75. The summed E-state index contributed by atoms with van der Waals surface area (Å²) in [7, 11) is 1.65. The highest BCUT2D eigenvalue weighted by atomic mass is 16.5. The minimum absolute atomic E-state index is 0.314. The van der Waals surface area contributed by atoms with Crippen LogP contribution in [0.5, 0.6) is 17.2 Å². The zero-order valence-corrected chi connectivity index (χ0v) is 12.2. The van der Waals surface area contributed by atoms with E-state index < -0.39 is 0 Å². The first-order chi connectivity index (χ1) is 9.72. The third-order valence-corrected chi connectivity index (χ3v) is 3.15. The van der Waals surface area contributed by atoms with Crippen LogP contribution in [0.25, 0.3) is 0 Å². The van der Waals surface area contributed by atoms with Crippen molar-refractivity contribution < 1.29 is 9.47 Å². The van der Waals surface area contributed by atoms with E-state index in [0.717, 1.165) is 23.8 Å². The molecule has 0 aromatic heterocycles. The molecule has 3 nitrogen and oxygen atoms in total. The number of rotatable bonds is 6. The second kappa shape index (κ2) is 6.96. The fourth-order valence-corrected chi connectivity index (χ4v) is 2.07. The van der Waals surface area contributed by atoms with E-state index in [2.05, 4.69) is 31.3 Å². The molecule has 3 heteroatoms. The zero-order valence-electron chi connectivity index (χ0n) is 12.2. The van der Waals surface area contributed by atoms with Gasteiger partial charge in [0.15, 0.2) is 0 Å². The quantitative estimate of drug-likeness (QED) is 0.855. The minimum Gasteiger partial charge on any atom is -0.497 e. The Morgan fingerprint density at radius 2 is 1.65 bits per heavy atom. The third-order valence-electron chi connectivity index (χ3n) is 3.15. The van der Waals surface area contributed by atoms with Crippen LogP contribution < -0.4 is 14.8 Å². The fraction of sp³-hybridized carbons (Fsp3) is 0.294. The van der Waals surface area contributed by atoms with Gasteiger partial charge in [-0.1, -0.05) is 25.1 Å². The molecule has 1 N–H and O–H groups in total. The molecular weight excluding hydrogens is 250 g/mol. The van der Waals surface area contributed by atoms with Gasteiger partial charge >= 0.3 is 0 Å². The van der Waals surface area contributed by atoms with Crippen LogP contribution in [-0.2, 0) is 0 Å². The molecule has 0 amide bonds. The molecule has 106 valence electrons. The van der Waals surface area contributed by atoms with Crippen molar-refractivity contribution >= 4 is 0 Å². The Hall–Kier alpha value is -2.00. The van der Waals surface area contributed by atoms with Crippen molar-refractivity contribution in [3.63, 3.8) is 0 Å². The summed E-state index contributed by atoms with van der Waals surface area (Å²) in [5.41, 5.74) is 1.22. The molecule has 0 heterocycles. The summed E-state index contributed by atoms with van der Waals surface area (Å²) in [6, 6.07) is 16.1. The number of methoxy groups -OCH3 is 1. The normalized spacial score (nSPS) is 11.9. The van der Waals surface area contributed by atoms with E-state index in [1.807, 2.05) is 36.4 Å². The van der Waals surface area contributed by atoms with Gasteiger partial charge in [0.1, 0.15) is 17.2 Å².